The van der Waals surface area contributed by atoms with Gasteiger partial charge in [0.15, 0.2) is 0 Å². The molecule has 0 bridgehead atoms. The predicted octanol–water partition coefficient (Wildman–Crippen LogP) is 1.54. The number of carboxylic acids is 1. The second-order valence-electron chi connectivity index (χ2n) is 3.87. The first-order valence-electron chi connectivity index (χ1n) is 4.72. The highest BCUT2D eigenvalue weighted by molar-refractivity contribution is 5.89. The van der Waals surface area contributed by atoms with Crippen LogP contribution >= 0.6 is 0 Å². The van der Waals surface area contributed by atoms with Gasteiger partial charge in [0.2, 0.25) is 0 Å². The first-order chi connectivity index (χ1) is 7.39. The molecule has 0 aromatic carbocycles. The summed E-state index contributed by atoms with van der Waals surface area (Å²) in [6.07, 6.45) is 1.20. The number of aromatic nitrogens is 1. The van der Waals surface area contributed by atoms with E-state index in [4.69, 9.17) is 5.11 Å². The molecule has 0 atom stereocenters. The maximum absolute atomic E-state index is 12.6. The fraction of sp³-hybridized carbons (Fsp3) is 0.400. The standard InChI is InChI=1S/C10H10F2N2O2/c1-6-2-8(13-3-7(6)9(15)16)14-4-10(11,12)5-14/h2-3H,4-5H2,1H3,(H,15,16). The number of carbonyl (C=O) groups is 1. The van der Waals surface area contributed by atoms with Gasteiger partial charge in [0.25, 0.3) is 5.92 Å². The van der Waals surface area contributed by atoms with Crippen LogP contribution in [0.3, 0.4) is 0 Å². The van der Waals surface area contributed by atoms with Crippen LogP contribution in [-0.2, 0) is 0 Å². The summed E-state index contributed by atoms with van der Waals surface area (Å²) in [6, 6.07) is 1.51. The molecule has 0 radical (unpaired) electrons. The zero-order valence-electron chi connectivity index (χ0n) is 8.57. The van der Waals surface area contributed by atoms with Crippen LogP contribution < -0.4 is 4.90 Å². The molecule has 1 aromatic rings. The van der Waals surface area contributed by atoms with Crippen molar-refractivity contribution in [3.63, 3.8) is 0 Å². The van der Waals surface area contributed by atoms with E-state index in [1.54, 1.807) is 6.92 Å². The lowest BCUT2D eigenvalue weighted by Gasteiger charge is -2.39. The second-order valence-corrected chi connectivity index (χ2v) is 3.87. The quantitative estimate of drug-likeness (QED) is 0.834. The Kier molecular flexibility index (Phi) is 2.29. The Morgan fingerprint density at radius 1 is 1.56 bits per heavy atom. The molecule has 1 fully saturated rings. The highest BCUT2D eigenvalue weighted by atomic mass is 19.3. The Labute approximate surface area is 90.5 Å². The molecule has 1 saturated heterocycles. The predicted molar refractivity (Wildman–Crippen MR) is 53.1 cm³/mol. The van der Waals surface area contributed by atoms with Gasteiger partial charge in [-0.3, -0.25) is 0 Å². The fourth-order valence-corrected chi connectivity index (χ4v) is 1.61. The van der Waals surface area contributed by atoms with Crippen LogP contribution in [0, 0.1) is 6.92 Å². The van der Waals surface area contributed by atoms with E-state index >= 15 is 0 Å². The van der Waals surface area contributed by atoms with Crippen molar-refractivity contribution in [2.45, 2.75) is 12.8 Å². The zero-order chi connectivity index (χ0) is 11.9. The summed E-state index contributed by atoms with van der Waals surface area (Å²) in [6.45, 7) is 0.907. The molecule has 4 nitrogen and oxygen atoms in total. The topological polar surface area (TPSA) is 53.4 Å². The number of hydrogen-bond donors (Lipinski definition) is 1. The van der Waals surface area contributed by atoms with Gasteiger partial charge >= 0.3 is 5.97 Å². The molecule has 1 aliphatic rings. The molecule has 2 rings (SSSR count). The summed E-state index contributed by atoms with van der Waals surface area (Å²) >= 11 is 0. The van der Waals surface area contributed by atoms with Crippen LogP contribution in [0.2, 0.25) is 0 Å². The highest BCUT2D eigenvalue weighted by Crippen LogP contribution is 2.31. The number of pyridine rings is 1. The second kappa shape index (κ2) is 3.40. The van der Waals surface area contributed by atoms with Gasteiger partial charge in [0, 0.05) is 6.20 Å². The number of alkyl halides is 2. The smallest absolute Gasteiger partial charge is 0.337 e. The van der Waals surface area contributed by atoms with Gasteiger partial charge < -0.3 is 10.0 Å². The molecule has 1 aliphatic heterocycles. The first-order valence-corrected chi connectivity index (χ1v) is 4.72. The zero-order valence-corrected chi connectivity index (χ0v) is 8.57. The van der Waals surface area contributed by atoms with Crippen LogP contribution in [0.25, 0.3) is 0 Å². The molecule has 0 aliphatic carbocycles. The third kappa shape index (κ3) is 1.82. The number of nitrogens with zero attached hydrogens (tertiary/aromatic N) is 2. The summed E-state index contributed by atoms with van der Waals surface area (Å²) in [5.41, 5.74) is 0.615. The van der Waals surface area contributed by atoms with E-state index in [0.29, 0.717) is 11.4 Å². The lowest BCUT2D eigenvalue weighted by atomic mass is 10.1. The van der Waals surface area contributed by atoms with E-state index in [0.717, 1.165) is 0 Å². The van der Waals surface area contributed by atoms with Crippen LogP contribution in [0.4, 0.5) is 14.6 Å². The van der Waals surface area contributed by atoms with Gasteiger partial charge in [-0.25, -0.2) is 18.6 Å². The van der Waals surface area contributed by atoms with E-state index < -0.39 is 11.9 Å². The lowest BCUT2D eigenvalue weighted by molar-refractivity contribution is -0.0267. The van der Waals surface area contributed by atoms with E-state index in [1.807, 2.05) is 0 Å². The summed E-state index contributed by atoms with van der Waals surface area (Å²) < 4.78 is 25.2. The minimum Gasteiger partial charge on any atom is -0.478 e. The molecule has 2 heterocycles. The normalized spacial score (nSPS) is 18.1. The summed E-state index contributed by atoms with van der Waals surface area (Å²) in [5, 5.41) is 8.78. The summed E-state index contributed by atoms with van der Waals surface area (Å²) in [4.78, 5) is 16.0. The summed E-state index contributed by atoms with van der Waals surface area (Å²) in [7, 11) is 0. The van der Waals surface area contributed by atoms with Crippen molar-refractivity contribution in [3.05, 3.63) is 23.4 Å². The van der Waals surface area contributed by atoms with Gasteiger partial charge in [0.05, 0.1) is 18.7 Å². The van der Waals surface area contributed by atoms with Crippen LogP contribution in [0.15, 0.2) is 12.3 Å². The van der Waals surface area contributed by atoms with Gasteiger partial charge in [-0.15, -0.1) is 0 Å². The molecule has 1 N–H and O–H groups in total. The average Bonchev–Trinajstić information content (AvgIpc) is 2.13. The molecule has 16 heavy (non-hydrogen) atoms. The number of hydrogen-bond acceptors (Lipinski definition) is 3. The largest absolute Gasteiger partial charge is 0.478 e. The molecule has 86 valence electrons. The number of carboxylic acid groups (broad SMARTS) is 1. The number of halogens is 2. The van der Waals surface area contributed by atoms with E-state index in [-0.39, 0.29) is 18.7 Å². The van der Waals surface area contributed by atoms with Crippen molar-refractivity contribution >= 4 is 11.8 Å². The third-order valence-corrected chi connectivity index (χ3v) is 2.50. The van der Waals surface area contributed by atoms with Crippen molar-refractivity contribution in [3.8, 4) is 0 Å². The van der Waals surface area contributed by atoms with Gasteiger partial charge in [-0.05, 0) is 18.6 Å². The van der Waals surface area contributed by atoms with Crippen molar-refractivity contribution in [2.75, 3.05) is 18.0 Å². The Bertz CT molecular complexity index is 440. The van der Waals surface area contributed by atoms with Crippen LogP contribution in [-0.4, -0.2) is 35.1 Å². The number of aromatic carboxylic acids is 1. The Hall–Kier alpha value is -1.72. The Morgan fingerprint density at radius 3 is 2.62 bits per heavy atom. The van der Waals surface area contributed by atoms with Crippen LogP contribution in [0.5, 0.6) is 0 Å². The molecular weight excluding hydrogens is 218 g/mol. The van der Waals surface area contributed by atoms with E-state index in [9.17, 15) is 13.6 Å². The van der Waals surface area contributed by atoms with E-state index in [2.05, 4.69) is 4.98 Å². The first kappa shape index (κ1) is 10.8. The average molecular weight is 228 g/mol. The third-order valence-electron chi connectivity index (χ3n) is 2.50. The highest BCUT2D eigenvalue weighted by Gasteiger charge is 2.44. The molecule has 0 unspecified atom stereocenters. The molecular formula is C10H10F2N2O2. The minimum absolute atomic E-state index is 0.0935. The molecule has 0 amide bonds. The SMILES string of the molecule is Cc1cc(N2CC(F)(F)C2)ncc1C(=O)O. The number of aryl methyl sites for hydroxylation is 1. The van der Waals surface area contributed by atoms with Gasteiger partial charge in [0.1, 0.15) is 5.82 Å². The van der Waals surface area contributed by atoms with Crippen molar-refractivity contribution in [2.24, 2.45) is 0 Å². The van der Waals surface area contributed by atoms with Crippen molar-refractivity contribution in [1.29, 1.82) is 0 Å². The van der Waals surface area contributed by atoms with Gasteiger partial charge in [-0.2, -0.15) is 0 Å². The lowest BCUT2D eigenvalue weighted by Crippen LogP contribution is -2.56. The molecule has 6 heteroatoms. The number of rotatable bonds is 2. The van der Waals surface area contributed by atoms with Crippen molar-refractivity contribution < 1.29 is 18.7 Å². The number of anilines is 1. The monoisotopic (exact) mass is 228 g/mol. The Balaban J connectivity index is 2.20. The van der Waals surface area contributed by atoms with E-state index in [1.165, 1.54) is 17.2 Å². The summed E-state index contributed by atoms with van der Waals surface area (Å²) in [5.74, 6) is -3.32. The van der Waals surface area contributed by atoms with Gasteiger partial charge in [-0.1, -0.05) is 0 Å². The molecule has 0 saturated carbocycles. The minimum atomic E-state index is -2.65. The molecule has 1 aromatic heterocycles. The fourth-order valence-electron chi connectivity index (χ4n) is 1.61. The maximum atomic E-state index is 12.6. The van der Waals surface area contributed by atoms with Crippen molar-refractivity contribution in [1.82, 2.24) is 4.98 Å². The Morgan fingerprint density at radius 2 is 2.19 bits per heavy atom. The molecule has 0 spiro atoms. The maximum Gasteiger partial charge on any atom is 0.337 e. The van der Waals surface area contributed by atoms with Crippen LogP contribution in [0.1, 0.15) is 15.9 Å².